The van der Waals surface area contributed by atoms with Gasteiger partial charge in [0.1, 0.15) is 9.93 Å². The molecule has 13 heteroatoms. The van der Waals surface area contributed by atoms with Gasteiger partial charge in [-0.15, -0.1) is 11.3 Å². The molecule has 3 aromatic carbocycles. The van der Waals surface area contributed by atoms with Gasteiger partial charge in [-0.2, -0.15) is 10.1 Å². The number of para-hydroxylation sites is 3. The third-order valence-corrected chi connectivity index (χ3v) is 10.4. The number of hydrogen-bond donors (Lipinski definition) is 0. The van der Waals surface area contributed by atoms with Crippen LogP contribution in [0.4, 0.5) is 16.5 Å². The van der Waals surface area contributed by atoms with Crippen LogP contribution in [0.3, 0.4) is 0 Å². The molecule has 0 N–H and O–H groups in total. The second kappa shape index (κ2) is 12.1. The van der Waals surface area contributed by atoms with E-state index in [1.807, 2.05) is 115 Å². The number of aromatic nitrogens is 3. The van der Waals surface area contributed by atoms with Crippen molar-refractivity contribution in [2.24, 2.45) is 17.1 Å². The molecule has 7 rings (SSSR count). The van der Waals surface area contributed by atoms with Crippen molar-refractivity contribution >= 4 is 73.3 Å². The molecule has 0 unspecified atom stereocenters. The SMILES string of the molecule is CC(=O)C1=NN(c2ccccc2)/C(=C2\SC(=Nc3nc(-c4c(C)n(C)n(-c5ccccc5)c4=O)cs3)N(c3ccccc3)C2=O)S1. The number of carbonyl (C=O) groups is 2. The van der Waals surface area contributed by atoms with E-state index in [1.165, 1.54) is 30.0 Å². The van der Waals surface area contributed by atoms with Gasteiger partial charge >= 0.3 is 0 Å². The van der Waals surface area contributed by atoms with Crippen LogP contribution in [0.2, 0.25) is 0 Å². The standard InChI is InChI=1S/C33H25N7O3S3/c1-20-26(29(42)40(37(20)3)24-17-11-6-12-18-24)25-19-44-32(34-25)35-33-38(22-13-7-4-8-14-22)30(43)27(45-33)31-39(23-15-9-5-10-16-23)36-28(46-31)21(2)41/h4-19H,1-3H3/b31-27+,35-33?. The molecule has 5 aromatic rings. The number of thioether (sulfide) groups is 2. The highest BCUT2D eigenvalue weighted by Gasteiger charge is 2.41. The summed E-state index contributed by atoms with van der Waals surface area (Å²) in [5.41, 5.74) is 3.70. The number of thiazole rings is 1. The number of amidine groups is 1. The summed E-state index contributed by atoms with van der Waals surface area (Å²) < 4.78 is 3.43. The monoisotopic (exact) mass is 663 g/mol. The maximum absolute atomic E-state index is 14.2. The Morgan fingerprint density at radius 1 is 0.826 bits per heavy atom. The van der Waals surface area contributed by atoms with Crippen molar-refractivity contribution in [2.45, 2.75) is 13.8 Å². The molecule has 1 amide bonds. The van der Waals surface area contributed by atoms with E-state index in [-0.39, 0.29) is 17.2 Å². The lowest BCUT2D eigenvalue weighted by atomic mass is 10.2. The van der Waals surface area contributed by atoms with Crippen LogP contribution >= 0.6 is 34.9 Å². The van der Waals surface area contributed by atoms with E-state index in [1.54, 1.807) is 14.6 Å². The number of hydrogen-bond acceptors (Lipinski definition) is 10. The summed E-state index contributed by atoms with van der Waals surface area (Å²) in [5.74, 6) is -0.483. The molecular weight excluding hydrogens is 639 g/mol. The van der Waals surface area contributed by atoms with Crippen LogP contribution in [0.25, 0.3) is 16.9 Å². The zero-order chi connectivity index (χ0) is 31.9. The van der Waals surface area contributed by atoms with E-state index in [0.29, 0.717) is 42.2 Å². The molecule has 0 aliphatic carbocycles. The molecule has 2 aliphatic heterocycles. The van der Waals surface area contributed by atoms with Crippen LogP contribution in [0.15, 0.2) is 121 Å². The first kappa shape index (κ1) is 29.7. The summed E-state index contributed by atoms with van der Waals surface area (Å²) in [6, 6.07) is 28.1. The Bertz CT molecular complexity index is 2150. The minimum absolute atomic E-state index is 0.181. The van der Waals surface area contributed by atoms with Crippen LogP contribution in [-0.4, -0.2) is 36.2 Å². The Labute approximate surface area is 276 Å². The summed E-state index contributed by atoms with van der Waals surface area (Å²) in [6.07, 6.45) is 0. The van der Waals surface area contributed by atoms with Gasteiger partial charge < -0.3 is 0 Å². The summed E-state index contributed by atoms with van der Waals surface area (Å²) >= 11 is 3.65. The third-order valence-electron chi connectivity index (χ3n) is 7.36. The maximum atomic E-state index is 14.2. The highest BCUT2D eigenvalue weighted by Crippen LogP contribution is 2.45. The molecule has 228 valence electrons. The number of benzene rings is 3. The fraction of sp³-hybridized carbons (Fsp3) is 0.0909. The lowest BCUT2D eigenvalue weighted by Crippen LogP contribution is -2.29. The second-order valence-electron chi connectivity index (χ2n) is 10.3. The van der Waals surface area contributed by atoms with E-state index in [9.17, 15) is 14.4 Å². The van der Waals surface area contributed by atoms with Crippen molar-refractivity contribution in [1.82, 2.24) is 14.3 Å². The normalized spacial score (nSPS) is 17.3. The fourth-order valence-electron chi connectivity index (χ4n) is 5.08. The van der Waals surface area contributed by atoms with Gasteiger partial charge in [-0.1, -0.05) is 54.6 Å². The molecule has 46 heavy (non-hydrogen) atoms. The number of hydrazone groups is 1. The molecule has 0 radical (unpaired) electrons. The van der Waals surface area contributed by atoms with Crippen LogP contribution in [0.5, 0.6) is 0 Å². The lowest BCUT2D eigenvalue weighted by molar-refractivity contribution is -0.113. The molecule has 0 spiro atoms. The smallest absolute Gasteiger partial charge is 0.281 e. The molecule has 0 saturated carbocycles. The van der Waals surface area contributed by atoms with Gasteiger partial charge in [0.25, 0.3) is 11.5 Å². The minimum atomic E-state index is -0.292. The Hall–Kier alpha value is -4.98. The second-order valence-corrected chi connectivity index (χ2v) is 13.1. The fourth-order valence-corrected chi connectivity index (χ4v) is 7.87. The molecule has 10 nitrogen and oxygen atoms in total. The van der Waals surface area contributed by atoms with Crippen molar-refractivity contribution in [1.29, 1.82) is 0 Å². The highest BCUT2D eigenvalue weighted by atomic mass is 32.2. The zero-order valence-electron chi connectivity index (χ0n) is 24.8. The van der Waals surface area contributed by atoms with Gasteiger partial charge in [-0.25, -0.2) is 14.7 Å². The van der Waals surface area contributed by atoms with E-state index >= 15 is 0 Å². The summed E-state index contributed by atoms with van der Waals surface area (Å²) in [6.45, 7) is 3.34. The van der Waals surface area contributed by atoms with Crippen molar-refractivity contribution in [3.63, 3.8) is 0 Å². The minimum Gasteiger partial charge on any atom is -0.292 e. The molecule has 1 fully saturated rings. The topological polar surface area (TPSA) is 105 Å². The van der Waals surface area contributed by atoms with Gasteiger partial charge in [0.15, 0.2) is 16.0 Å². The van der Waals surface area contributed by atoms with Crippen LogP contribution in [0, 0.1) is 6.92 Å². The lowest BCUT2D eigenvalue weighted by Gasteiger charge is -2.17. The number of Topliss-reactive ketones (excluding diaryl/α,β-unsaturated/α-hetero) is 1. The summed E-state index contributed by atoms with van der Waals surface area (Å²) in [7, 11) is 1.84. The van der Waals surface area contributed by atoms with E-state index in [0.717, 1.165) is 28.8 Å². The Kier molecular flexibility index (Phi) is 7.80. The summed E-state index contributed by atoms with van der Waals surface area (Å²) in [4.78, 5) is 51.7. The number of amides is 1. The Balaban J connectivity index is 1.31. The first-order chi connectivity index (χ1) is 22.3. The zero-order valence-corrected chi connectivity index (χ0v) is 27.3. The molecule has 0 bridgehead atoms. The Morgan fingerprint density at radius 3 is 2.07 bits per heavy atom. The molecular formula is C33H25N7O3S3. The van der Waals surface area contributed by atoms with Crippen LogP contribution < -0.4 is 15.5 Å². The molecule has 2 aliphatic rings. The maximum Gasteiger partial charge on any atom is 0.281 e. The largest absolute Gasteiger partial charge is 0.292 e. The van der Waals surface area contributed by atoms with Gasteiger partial charge in [0.2, 0.25) is 5.13 Å². The molecule has 1 saturated heterocycles. The quantitative estimate of drug-likeness (QED) is 0.186. The molecule has 0 atom stereocenters. The van der Waals surface area contributed by atoms with E-state index < -0.39 is 0 Å². The molecule has 4 heterocycles. The van der Waals surface area contributed by atoms with E-state index in [2.05, 4.69) is 5.10 Å². The number of nitrogens with zero attached hydrogens (tertiary/aromatic N) is 7. The van der Waals surface area contributed by atoms with Gasteiger partial charge in [0, 0.05) is 25.0 Å². The van der Waals surface area contributed by atoms with Crippen LogP contribution in [-0.2, 0) is 16.6 Å². The highest BCUT2D eigenvalue weighted by molar-refractivity contribution is 8.22. The predicted octanol–water partition coefficient (Wildman–Crippen LogP) is 6.70. The van der Waals surface area contributed by atoms with Gasteiger partial charge in [-0.3, -0.25) is 24.0 Å². The van der Waals surface area contributed by atoms with Gasteiger partial charge in [-0.05, 0) is 66.8 Å². The van der Waals surface area contributed by atoms with Crippen molar-refractivity contribution < 1.29 is 9.59 Å². The number of anilines is 2. The first-order valence-corrected chi connectivity index (χ1v) is 16.7. The molecule has 2 aromatic heterocycles. The first-order valence-electron chi connectivity index (χ1n) is 14.1. The Morgan fingerprint density at radius 2 is 1.43 bits per heavy atom. The van der Waals surface area contributed by atoms with Crippen molar-refractivity contribution in [3.05, 3.63) is 122 Å². The van der Waals surface area contributed by atoms with Crippen LogP contribution in [0.1, 0.15) is 12.6 Å². The number of rotatable bonds is 6. The number of carbonyl (C=O) groups excluding carboxylic acids is 2. The third kappa shape index (κ3) is 5.21. The summed E-state index contributed by atoms with van der Waals surface area (Å²) in [5, 5.41) is 9.60. The number of ketones is 1. The predicted molar refractivity (Wildman–Crippen MR) is 187 cm³/mol. The van der Waals surface area contributed by atoms with Gasteiger partial charge in [0.05, 0.1) is 28.3 Å². The number of aliphatic imine (C=N–C) groups is 1. The van der Waals surface area contributed by atoms with E-state index in [4.69, 9.17) is 9.98 Å². The van der Waals surface area contributed by atoms with Crippen molar-refractivity contribution in [2.75, 3.05) is 9.91 Å². The average molecular weight is 664 g/mol. The van der Waals surface area contributed by atoms with Crippen molar-refractivity contribution in [3.8, 4) is 16.9 Å². The average Bonchev–Trinajstić information content (AvgIpc) is 3.84.